The van der Waals surface area contributed by atoms with Crippen molar-refractivity contribution in [1.82, 2.24) is 0 Å². The second kappa shape index (κ2) is 5.41. The Balaban J connectivity index is 1.95. The number of carbonyl (C=O) groups excluding carboxylic acids is 1. The van der Waals surface area contributed by atoms with Crippen molar-refractivity contribution >= 4 is 5.97 Å². The van der Waals surface area contributed by atoms with Gasteiger partial charge in [-0.15, -0.1) is 0 Å². The lowest BCUT2D eigenvalue weighted by Gasteiger charge is -2.26. The number of allylic oxidation sites excluding steroid dienone is 1. The molecule has 0 saturated heterocycles. The Hall–Kier alpha value is -0.870. The molecular weight excluding hydrogens is 232 g/mol. The van der Waals surface area contributed by atoms with Gasteiger partial charge in [0.15, 0.2) is 5.79 Å². The minimum atomic E-state index is -0.398. The lowest BCUT2D eigenvalue weighted by Crippen LogP contribution is -2.30. The van der Waals surface area contributed by atoms with Crippen molar-refractivity contribution in [1.29, 1.82) is 0 Å². The molecule has 0 amide bonds. The molecule has 0 spiro atoms. The minimum absolute atomic E-state index is 0.211. The highest BCUT2D eigenvalue weighted by atomic mass is 16.7. The molecule has 0 aliphatic heterocycles. The number of hydrogen-bond donors (Lipinski definition) is 0. The van der Waals surface area contributed by atoms with Gasteiger partial charge in [-0.1, -0.05) is 5.57 Å². The van der Waals surface area contributed by atoms with Crippen LogP contribution in [-0.4, -0.2) is 32.6 Å². The van der Waals surface area contributed by atoms with E-state index in [4.69, 9.17) is 14.2 Å². The molecule has 18 heavy (non-hydrogen) atoms. The summed E-state index contributed by atoms with van der Waals surface area (Å²) in [4.78, 5) is 11.4. The van der Waals surface area contributed by atoms with E-state index in [0.29, 0.717) is 18.4 Å². The molecule has 2 rings (SSSR count). The van der Waals surface area contributed by atoms with Gasteiger partial charge in [0.1, 0.15) is 0 Å². The first-order valence-corrected chi connectivity index (χ1v) is 6.59. The van der Waals surface area contributed by atoms with E-state index in [2.05, 4.69) is 0 Å². The maximum atomic E-state index is 11.4. The van der Waals surface area contributed by atoms with E-state index in [1.807, 2.05) is 6.92 Å². The Morgan fingerprint density at radius 2 is 1.83 bits per heavy atom. The van der Waals surface area contributed by atoms with Crippen molar-refractivity contribution in [3.8, 4) is 0 Å². The van der Waals surface area contributed by atoms with Crippen LogP contribution in [0.5, 0.6) is 0 Å². The van der Waals surface area contributed by atoms with Crippen molar-refractivity contribution in [2.75, 3.05) is 20.8 Å². The van der Waals surface area contributed by atoms with Crippen molar-refractivity contribution in [2.24, 2.45) is 11.8 Å². The van der Waals surface area contributed by atoms with E-state index >= 15 is 0 Å². The van der Waals surface area contributed by atoms with Gasteiger partial charge in [0.2, 0.25) is 0 Å². The SMILES string of the molecule is CCOC(=O)/C=C1/C[C@@H]2CC(OC)(OC)C[C@@H]2C1. The van der Waals surface area contributed by atoms with Gasteiger partial charge in [-0.05, 0) is 31.6 Å². The minimum Gasteiger partial charge on any atom is -0.463 e. The van der Waals surface area contributed by atoms with Crippen LogP contribution in [0.15, 0.2) is 11.6 Å². The Morgan fingerprint density at radius 3 is 2.28 bits per heavy atom. The van der Waals surface area contributed by atoms with Crippen molar-refractivity contribution in [2.45, 2.75) is 38.4 Å². The van der Waals surface area contributed by atoms with Crippen LogP contribution < -0.4 is 0 Å². The zero-order valence-corrected chi connectivity index (χ0v) is 11.4. The third-order valence-corrected chi connectivity index (χ3v) is 4.21. The second-order valence-electron chi connectivity index (χ2n) is 5.21. The summed E-state index contributed by atoms with van der Waals surface area (Å²) < 4.78 is 16.0. The molecule has 0 aromatic rings. The second-order valence-corrected chi connectivity index (χ2v) is 5.21. The standard InChI is InChI=1S/C14H22O4/c1-4-18-13(15)7-10-5-11-8-14(16-2,17-3)9-12(11)6-10/h7,11-12H,4-6,8-9H2,1-3H3/b10-7-/t11-,12+/m1/s1. The molecule has 0 bridgehead atoms. The lowest BCUT2D eigenvalue weighted by molar-refractivity contribution is -0.204. The summed E-state index contributed by atoms with van der Waals surface area (Å²) in [6.07, 6.45) is 5.45. The van der Waals surface area contributed by atoms with E-state index in [-0.39, 0.29) is 5.97 Å². The van der Waals surface area contributed by atoms with E-state index in [0.717, 1.165) is 25.7 Å². The van der Waals surface area contributed by atoms with Gasteiger partial charge >= 0.3 is 5.97 Å². The normalized spacial score (nSPS) is 31.6. The molecule has 2 saturated carbocycles. The molecule has 0 aromatic heterocycles. The maximum Gasteiger partial charge on any atom is 0.330 e. The Kier molecular flexibility index (Phi) is 4.07. The Morgan fingerprint density at radius 1 is 1.28 bits per heavy atom. The first kappa shape index (κ1) is 13.6. The molecule has 0 N–H and O–H groups in total. The summed E-state index contributed by atoms with van der Waals surface area (Å²) >= 11 is 0. The number of methoxy groups -OCH3 is 2. The molecular formula is C14H22O4. The number of carbonyl (C=O) groups is 1. The smallest absolute Gasteiger partial charge is 0.330 e. The topological polar surface area (TPSA) is 44.8 Å². The summed E-state index contributed by atoms with van der Waals surface area (Å²) in [6, 6.07) is 0. The van der Waals surface area contributed by atoms with Gasteiger partial charge in [-0.3, -0.25) is 0 Å². The monoisotopic (exact) mass is 254 g/mol. The molecule has 4 heteroatoms. The van der Waals surface area contributed by atoms with Gasteiger partial charge in [0, 0.05) is 33.1 Å². The van der Waals surface area contributed by atoms with E-state index in [1.165, 1.54) is 5.57 Å². The van der Waals surface area contributed by atoms with Gasteiger partial charge in [-0.2, -0.15) is 0 Å². The van der Waals surface area contributed by atoms with Crippen LogP contribution in [0.2, 0.25) is 0 Å². The van der Waals surface area contributed by atoms with E-state index in [1.54, 1.807) is 20.3 Å². The fourth-order valence-corrected chi connectivity index (χ4v) is 3.34. The average Bonchev–Trinajstić information content (AvgIpc) is 2.84. The van der Waals surface area contributed by atoms with Gasteiger partial charge in [-0.25, -0.2) is 4.79 Å². The predicted molar refractivity (Wildman–Crippen MR) is 66.9 cm³/mol. The van der Waals surface area contributed by atoms with Crippen LogP contribution in [0.4, 0.5) is 0 Å². The molecule has 2 aliphatic carbocycles. The summed E-state index contributed by atoms with van der Waals surface area (Å²) in [6.45, 7) is 2.26. The molecule has 2 fully saturated rings. The number of fused-ring (bicyclic) bond motifs is 1. The predicted octanol–water partition coefficient (Wildman–Crippen LogP) is 2.29. The average molecular weight is 254 g/mol. The third-order valence-electron chi connectivity index (χ3n) is 4.21. The van der Waals surface area contributed by atoms with Crippen LogP contribution in [0.25, 0.3) is 0 Å². The highest BCUT2D eigenvalue weighted by Crippen LogP contribution is 2.52. The number of hydrogen-bond acceptors (Lipinski definition) is 4. The van der Waals surface area contributed by atoms with Gasteiger partial charge in [0.05, 0.1) is 6.61 Å². The van der Waals surface area contributed by atoms with Crippen LogP contribution in [-0.2, 0) is 19.0 Å². The third kappa shape index (κ3) is 2.59. The fourth-order valence-electron chi connectivity index (χ4n) is 3.34. The lowest BCUT2D eigenvalue weighted by atomic mass is 10.0. The maximum absolute atomic E-state index is 11.4. The Bertz CT molecular complexity index is 326. The Labute approximate surface area is 108 Å². The summed E-state index contributed by atoms with van der Waals surface area (Å²) in [5.41, 5.74) is 1.21. The molecule has 0 radical (unpaired) electrons. The molecule has 2 aliphatic rings. The van der Waals surface area contributed by atoms with Crippen molar-refractivity contribution in [3.63, 3.8) is 0 Å². The van der Waals surface area contributed by atoms with Crippen molar-refractivity contribution < 1.29 is 19.0 Å². The number of rotatable bonds is 4. The first-order chi connectivity index (χ1) is 8.62. The molecule has 0 heterocycles. The molecule has 0 unspecified atom stereocenters. The summed E-state index contributed by atoms with van der Waals surface area (Å²) in [7, 11) is 3.42. The van der Waals surface area contributed by atoms with Crippen LogP contribution in [0, 0.1) is 11.8 Å². The largest absolute Gasteiger partial charge is 0.463 e. The van der Waals surface area contributed by atoms with Gasteiger partial charge in [0.25, 0.3) is 0 Å². The van der Waals surface area contributed by atoms with Crippen LogP contribution in [0.3, 0.4) is 0 Å². The van der Waals surface area contributed by atoms with Crippen molar-refractivity contribution in [3.05, 3.63) is 11.6 Å². The van der Waals surface area contributed by atoms with Crippen LogP contribution >= 0.6 is 0 Å². The molecule has 2 atom stereocenters. The molecule has 102 valence electrons. The zero-order chi connectivity index (χ0) is 13.2. The zero-order valence-electron chi connectivity index (χ0n) is 11.4. The number of ether oxygens (including phenoxy) is 3. The summed E-state index contributed by atoms with van der Waals surface area (Å²) in [5, 5.41) is 0. The van der Waals surface area contributed by atoms with E-state index < -0.39 is 5.79 Å². The van der Waals surface area contributed by atoms with Crippen LogP contribution in [0.1, 0.15) is 32.6 Å². The number of esters is 1. The fraction of sp³-hybridized carbons (Fsp3) is 0.786. The van der Waals surface area contributed by atoms with Gasteiger partial charge < -0.3 is 14.2 Å². The molecule has 4 nitrogen and oxygen atoms in total. The molecule has 0 aromatic carbocycles. The van der Waals surface area contributed by atoms with E-state index in [9.17, 15) is 4.79 Å². The quantitative estimate of drug-likeness (QED) is 0.438. The summed E-state index contributed by atoms with van der Waals surface area (Å²) in [5.74, 6) is 0.540. The highest BCUT2D eigenvalue weighted by Gasteiger charge is 2.48. The first-order valence-electron chi connectivity index (χ1n) is 6.59. The highest BCUT2D eigenvalue weighted by molar-refractivity contribution is 5.82.